The van der Waals surface area contributed by atoms with Crippen LogP contribution in [-0.4, -0.2) is 47.0 Å². The number of ether oxygens (including phenoxy) is 1. The van der Waals surface area contributed by atoms with E-state index < -0.39 is 12.0 Å². The smallest absolute Gasteiger partial charge is 0.338 e. The van der Waals surface area contributed by atoms with Gasteiger partial charge in [-0.05, 0) is 42.4 Å². The number of thioether (sulfide) groups is 1. The molecule has 1 aromatic carbocycles. The molecule has 0 N–H and O–H groups in total. The van der Waals surface area contributed by atoms with E-state index in [1.165, 1.54) is 31.0 Å². The van der Waals surface area contributed by atoms with Crippen LogP contribution in [0.2, 0.25) is 0 Å². The van der Waals surface area contributed by atoms with E-state index >= 15 is 0 Å². The van der Waals surface area contributed by atoms with Crippen molar-refractivity contribution in [3.05, 3.63) is 58.0 Å². The molecule has 0 saturated carbocycles. The van der Waals surface area contributed by atoms with Gasteiger partial charge in [-0.25, -0.2) is 14.2 Å². The van der Waals surface area contributed by atoms with Crippen LogP contribution in [0, 0.1) is 5.82 Å². The number of aliphatic imine (C=N–C) groups is 1. The predicted molar refractivity (Wildman–Crippen MR) is 114 cm³/mol. The summed E-state index contributed by atoms with van der Waals surface area (Å²) in [5.74, 6) is -0.821. The lowest BCUT2D eigenvalue weighted by Crippen LogP contribution is -2.38. The molecule has 3 aliphatic rings. The topological polar surface area (TPSA) is 62.2 Å². The summed E-state index contributed by atoms with van der Waals surface area (Å²) in [6.45, 7) is 3.48. The van der Waals surface area contributed by atoms with Crippen LogP contribution in [0.15, 0.2) is 51.6 Å². The van der Waals surface area contributed by atoms with Gasteiger partial charge in [-0.15, -0.1) is 0 Å². The number of carbonyl (C=O) groups excluding carboxylic acids is 2. The number of esters is 1. The van der Waals surface area contributed by atoms with Crippen LogP contribution in [0.3, 0.4) is 0 Å². The summed E-state index contributed by atoms with van der Waals surface area (Å²) >= 11 is 1.43. The number of hydrogen-bond acceptors (Lipinski definition) is 6. The van der Waals surface area contributed by atoms with E-state index in [-0.39, 0.29) is 18.1 Å². The number of methoxy groups -OCH3 is 1. The van der Waals surface area contributed by atoms with Crippen LogP contribution in [0.1, 0.15) is 44.2 Å². The van der Waals surface area contributed by atoms with Gasteiger partial charge in [-0.3, -0.25) is 4.79 Å². The van der Waals surface area contributed by atoms with Crippen molar-refractivity contribution in [1.29, 1.82) is 0 Å². The number of halogens is 1. The first-order valence-electron chi connectivity index (χ1n) is 10.1. The number of likely N-dealkylation sites (tertiary alicyclic amines) is 1. The normalized spacial score (nSPS) is 20.8. The molecule has 1 aromatic rings. The summed E-state index contributed by atoms with van der Waals surface area (Å²) in [4.78, 5) is 34.0. The monoisotopic (exact) mass is 429 g/mol. The van der Waals surface area contributed by atoms with Gasteiger partial charge in [-0.2, -0.15) is 0 Å². The van der Waals surface area contributed by atoms with Gasteiger partial charge in [0.15, 0.2) is 5.17 Å². The Hall–Kier alpha value is -2.61. The number of fused-ring (bicyclic) bond motifs is 1. The van der Waals surface area contributed by atoms with Crippen molar-refractivity contribution in [2.75, 3.05) is 20.2 Å². The van der Waals surface area contributed by atoms with Crippen LogP contribution < -0.4 is 0 Å². The number of hydrogen-bond donors (Lipinski definition) is 0. The molecule has 4 rings (SSSR count). The van der Waals surface area contributed by atoms with Gasteiger partial charge in [0.1, 0.15) is 5.82 Å². The molecule has 3 heterocycles. The Bertz CT molecular complexity index is 966. The van der Waals surface area contributed by atoms with E-state index in [0.717, 1.165) is 31.6 Å². The van der Waals surface area contributed by atoms with Gasteiger partial charge in [0, 0.05) is 18.8 Å². The van der Waals surface area contributed by atoms with Crippen molar-refractivity contribution in [3.63, 3.8) is 0 Å². The van der Waals surface area contributed by atoms with Gasteiger partial charge < -0.3 is 14.5 Å². The Labute approximate surface area is 179 Å². The van der Waals surface area contributed by atoms with Crippen molar-refractivity contribution in [2.24, 2.45) is 4.99 Å². The molecule has 0 aromatic heterocycles. The van der Waals surface area contributed by atoms with Crippen LogP contribution >= 0.6 is 11.8 Å². The number of amides is 1. The highest BCUT2D eigenvalue weighted by atomic mass is 32.2. The van der Waals surface area contributed by atoms with Gasteiger partial charge in [0.25, 0.3) is 0 Å². The van der Waals surface area contributed by atoms with Crippen molar-refractivity contribution in [1.82, 2.24) is 9.80 Å². The molecule has 1 fully saturated rings. The standard InChI is InChI=1S/C22H24FN3O3S/c1-3-17-19(21(28)29-2)20(14-7-6-8-15(23)11-14)26-16(13-30-22(26)24-17)12-18(27)25-9-4-5-10-25/h6-8,11,13,20H,3-5,9-10,12H2,1-2H3/t20-/m0/s1. The number of amidine groups is 1. The summed E-state index contributed by atoms with van der Waals surface area (Å²) in [6.07, 6.45) is 2.80. The second-order valence-corrected chi connectivity index (χ2v) is 8.26. The zero-order valence-corrected chi connectivity index (χ0v) is 17.9. The molecule has 158 valence electrons. The van der Waals surface area contributed by atoms with E-state index in [2.05, 4.69) is 4.99 Å². The number of allylic oxidation sites excluding steroid dienone is 1. The summed E-state index contributed by atoms with van der Waals surface area (Å²) in [5.41, 5.74) is 2.39. The predicted octanol–water partition coefficient (Wildman–Crippen LogP) is 3.98. The van der Waals surface area contributed by atoms with Gasteiger partial charge >= 0.3 is 5.97 Å². The number of carbonyl (C=O) groups is 2. The maximum absolute atomic E-state index is 14.1. The summed E-state index contributed by atoms with van der Waals surface area (Å²) in [6, 6.07) is 5.61. The minimum atomic E-state index is -0.594. The Kier molecular flexibility index (Phi) is 5.94. The van der Waals surface area contributed by atoms with Crippen LogP contribution in [0.25, 0.3) is 0 Å². The van der Waals surface area contributed by atoms with E-state index in [9.17, 15) is 14.0 Å². The van der Waals surface area contributed by atoms with Crippen molar-refractivity contribution < 1.29 is 18.7 Å². The molecular weight excluding hydrogens is 405 g/mol. The van der Waals surface area contributed by atoms with Crippen LogP contribution in [-0.2, 0) is 14.3 Å². The third kappa shape index (κ3) is 3.76. The first-order chi connectivity index (χ1) is 14.5. The number of nitrogens with zero attached hydrogens (tertiary/aromatic N) is 3. The Morgan fingerprint density at radius 1 is 1.30 bits per heavy atom. The third-order valence-electron chi connectivity index (χ3n) is 5.58. The molecule has 30 heavy (non-hydrogen) atoms. The highest BCUT2D eigenvalue weighted by Crippen LogP contribution is 2.45. The Balaban J connectivity index is 1.75. The Morgan fingerprint density at radius 3 is 2.73 bits per heavy atom. The summed E-state index contributed by atoms with van der Waals surface area (Å²) in [5, 5.41) is 2.60. The van der Waals surface area contributed by atoms with Crippen LogP contribution in [0.5, 0.6) is 0 Å². The van der Waals surface area contributed by atoms with Crippen molar-refractivity contribution in [3.8, 4) is 0 Å². The lowest BCUT2D eigenvalue weighted by atomic mass is 9.93. The lowest BCUT2D eigenvalue weighted by Gasteiger charge is -2.36. The minimum absolute atomic E-state index is 0.0588. The van der Waals surface area contributed by atoms with E-state index in [1.807, 2.05) is 22.1 Å². The highest BCUT2D eigenvalue weighted by molar-refractivity contribution is 8.16. The summed E-state index contributed by atoms with van der Waals surface area (Å²) in [7, 11) is 1.33. The fourth-order valence-electron chi connectivity index (χ4n) is 4.14. The second-order valence-electron chi connectivity index (χ2n) is 7.42. The molecule has 0 aliphatic carbocycles. The van der Waals surface area contributed by atoms with E-state index in [1.54, 1.807) is 12.1 Å². The number of rotatable bonds is 5. The molecular formula is C22H24FN3O3S. The maximum atomic E-state index is 14.1. The quantitative estimate of drug-likeness (QED) is 0.663. The molecule has 0 unspecified atom stereocenters. The second kappa shape index (κ2) is 8.63. The first-order valence-corrected chi connectivity index (χ1v) is 11.0. The molecule has 1 saturated heterocycles. The molecule has 3 aliphatic heterocycles. The fraction of sp³-hybridized carbons (Fsp3) is 0.409. The fourth-order valence-corrected chi connectivity index (χ4v) is 5.08. The van der Waals surface area contributed by atoms with E-state index in [0.29, 0.717) is 28.4 Å². The SMILES string of the molecule is CCC1=C(C(=O)OC)[C@H](c2cccc(F)c2)N2C(CC(=O)N3CCCC3)=CSC2=N1. The minimum Gasteiger partial charge on any atom is -0.466 e. The average Bonchev–Trinajstić information content (AvgIpc) is 3.42. The van der Waals surface area contributed by atoms with E-state index in [4.69, 9.17) is 4.74 Å². The molecule has 8 heteroatoms. The zero-order valence-electron chi connectivity index (χ0n) is 17.1. The van der Waals surface area contributed by atoms with Crippen LogP contribution in [0.4, 0.5) is 4.39 Å². The Morgan fingerprint density at radius 2 is 2.07 bits per heavy atom. The molecule has 6 nitrogen and oxygen atoms in total. The number of benzene rings is 1. The maximum Gasteiger partial charge on any atom is 0.338 e. The molecule has 1 atom stereocenters. The highest BCUT2D eigenvalue weighted by Gasteiger charge is 2.41. The molecule has 0 spiro atoms. The molecule has 0 bridgehead atoms. The van der Waals surface area contributed by atoms with Crippen molar-refractivity contribution >= 4 is 28.8 Å². The van der Waals surface area contributed by atoms with Gasteiger partial charge in [-0.1, -0.05) is 30.8 Å². The first kappa shape index (κ1) is 20.7. The molecule has 1 amide bonds. The lowest BCUT2D eigenvalue weighted by molar-refractivity contribution is -0.136. The molecule has 0 radical (unpaired) electrons. The summed E-state index contributed by atoms with van der Waals surface area (Å²) < 4.78 is 19.2. The van der Waals surface area contributed by atoms with Gasteiger partial charge in [0.05, 0.1) is 30.8 Å². The van der Waals surface area contributed by atoms with Crippen molar-refractivity contribution in [2.45, 2.75) is 38.6 Å². The van der Waals surface area contributed by atoms with Gasteiger partial charge in [0.2, 0.25) is 5.91 Å². The third-order valence-corrected chi connectivity index (χ3v) is 6.47. The zero-order chi connectivity index (χ0) is 21.3. The average molecular weight is 430 g/mol. The largest absolute Gasteiger partial charge is 0.466 e.